The van der Waals surface area contributed by atoms with Crippen LogP contribution in [0.15, 0.2) is 164 Å². The molecule has 53 heavy (non-hydrogen) atoms. The first kappa shape index (κ1) is 33.1. The molecule has 0 saturated carbocycles. The Morgan fingerprint density at radius 2 is 0.792 bits per heavy atom. The molecule has 2 heterocycles. The number of hydrogen-bond donors (Lipinski definition) is 0. The topological polar surface area (TPSA) is 6.48 Å². The van der Waals surface area contributed by atoms with Crippen LogP contribution < -0.4 is 26.2 Å². The molecule has 0 aromatic heterocycles. The van der Waals surface area contributed by atoms with E-state index in [0.29, 0.717) is 0 Å². The first-order valence-corrected chi connectivity index (χ1v) is 18.9. The van der Waals surface area contributed by atoms with Gasteiger partial charge in [0.15, 0.2) is 0 Å². The highest BCUT2D eigenvalue weighted by Crippen LogP contribution is 2.45. The number of nitrogens with zero attached hydrogens (tertiary/aromatic N) is 2. The average Bonchev–Trinajstić information content (AvgIpc) is 3.17. The van der Waals surface area contributed by atoms with Crippen molar-refractivity contribution in [3.8, 4) is 22.3 Å². The summed E-state index contributed by atoms with van der Waals surface area (Å²) < 4.78 is 0. The summed E-state index contributed by atoms with van der Waals surface area (Å²) in [6.45, 7) is 13.9. The maximum absolute atomic E-state index is 2.51. The highest BCUT2D eigenvalue weighted by molar-refractivity contribution is 7.00. The summed E-state index contributed by atoms with van der Waals surface area (Å²) in [5.41, 5.74) is 18.9. The zero-order chi connectivity index (χ0) is 36.5. The molecule has 3 heteroatoms. The van der Waals surface area contributed by atoms with Crippen LogP contribution in [0.5, 0.6) is 0 Å². The Morgan fingerprint density at radius 1 is 0.358 bits per heavy atom. The number of anilines is 6. The third kappa shape index (κ3) is 5.67. The molecular weight excluding hydrogens is 639 g/mol. The average molecular weight is 685 g/mol. The second-order valence-corrected chi connectivity index (χ2v) is 16.7. The predicted molar refractivity (Wildman–Crippen MR) is 229 cm³/mol. The zero-order valence-corrected chi connectivity index (χ0v) is 31.6. The van der Waals surface area contributed by atoms with Gasteiger partial charge in [0, 0.05) is 34.1 Å². The van der Waals surface area contributed by atoms with Gasteiger partial charge in [-0.1, -0.05) is 157 Å². The van der Waals surface area contributed by atoms with Gasteiger partial charge in [-0.15, -0.1) is 0 Å². The summed E-state index contributed by atoms with van der Waals surface area (Å²) in [7, 11) is 0. The van der Waals surface area contributed by atoms with E-state index in [2.05, 4.69) is 215 Å². The van der Waals surface area contributed by atoms with E-state index in [4.69, 9.17) is 0 Å². The molecule has 0 atom stereocenters. The van der Waals surface area contributed by atoms with Crippen LogP contribution in [0, 0.1) is 0 Å². The summed E-state index contributed by atoms with van der Waals surface area (Å²) in [6.07, 6.45) is 0. The van der Waals surface area contributed by atoms with Gasteiger partial charge in [0.05, 0.1) is 0 Å². The molecule has 0 radical (unpaired) electrons. The van der Waals surface area contributed by atoms with Gasteiger partial charge in [0.25, 0.3) is 6.71 Å². The van der Waals surface area contributed by atoms with E-state index in [-0.39, 0.29) is 17.5 Å². The fourth-order valence-corrected chi connectivity index (χ4v) is 8.32. The summed E-state index contributed by atoms with van der Waals surface area (Å²) >= 11 is 0. The van der Waals surface area contributed by atoms with E-state index in [1.807, 2.05) is 0 Å². The second-order valence-electron chi connectivity index (χ2n) is 16.7. The molecule has 0 spiro atoms. The lowest BCUT2D eigenvalue weighted by Gasteiger charge is -2.44. The Hall–Kier alpha value is -5.80. The minimum atomic E-state index is 0.00390. The van der Waals surface area contributed by atoms with Crippen molar-refractivity contribution in [1.29, 1.82) is 0 Å². The van der Waals surface area contributed by atoms with E-state index < -0.39 is 0 Å². The molecule has 2 aliphatic heterocycles. The summed E-state index contributed by atoms with van der Waals surface area (Å²) in [4.78, 5) is 5.00. The number of benzene rings is 7. The van der Waals surface area contributed by atoms with Crippen molar-refractivity contribution in [2.45, 2.75) is 52.4 Å². The summed E-state index contributed by atoms with van der Waals surface area (Å²) in [5, 5.41) is 0. The van der Waals surface area contributed by atoms with Crippen molar-refractivity contribution < 1.29 is 0 Å². The number of rotatable bonds is 4. The smallest absolute Gasteiger partial charge is 0.252 e. The van der Waals surface area contributed by atoms with Crippen LogP contribution >= 0.6 is 0 Å². The summed E-state index contributed by atoms with van der Waals surface area (Å²) in [6, 6.07) is 61.0. The molecule has 0 bridgehead atoms. The SMILES string of the molecule is CC(C)(C)c1ccc(N2c3ccc(C(C)(C)C)cc3B3c4cc(-c5ccccc5)ccc4N(c4ccc(-c5ccccc5)cc4)c4cccc2c43)cc1. The van der Waals surface area contributed by atoms with Crippen molar-refractivity contribution in [3.05, 3.63) is 175 Å². The van der Waals surface area contributed by atoms with Crippen LogP contribution in [0.4, 0.5) is 34.1 Å². The minimum Gasteiger partial charge on any atom is -0.311 e. The van der Waals surface area contributed by atoms with Crippen LogP contribution in [0.1, 0.15) is 52.7 Å². The Balaban J connectivity index is 1.31. The second kappa shape index (κ2) is 12.4. The molecule has 7 aromatic rings. The van der Waals surface area contributed by atoms with Gasteiger partial charge in [0.1, 0.15) is 0 Å². The first-order valence-electron chi connectivity index (χ1n) is 18.9. The quantitative estimate of drug-likeness (QED) is 0.170. The van der Waals surface area contributed by atoms with Gasteiger partial charge in [-0.3, -0.25) is 0 Å². The molecule has 2 aliphatic rings. The van der Waals surface area contributed by atoms with Gasteiger partial charge >= 0.3 is 0 Å². The van der Waals surface area contributed by atoms with Crippen molar-refractivity contribution in [2.75, 3.05) is 9.80 Å². The van der Waals surface area contributed by atoms with Crippen molar-refractivity contribution in [2.24, 2.45) is 0 Å². The lowest BCUT2D eigenvalue weighted by molar-refractivity contribution is 0.590. The highest BCUT2D eigenvalue weighted by Gasteiger charge is 2.43. The van der Waals surface area contributed by atoms with E-state index >= 15 is 0 Å². The van der Waals surface area contributed by atoms with Crippen LogP contribution in [0.2, 0.25) is 0 Å². The lowest BCUT2D eigenvalue weighted by Crippen LogP contribution is -2.61. The van der Waals surface area contributed by atoms with Crippen molar-refractivity contribution in [1.82, 2.24) is 0 Å². The maximum atomic E-state index is 2.51. The van der Waals surface area contributed by atoms with E-state index in [1.165, 1.54) is 78.2 Å². The normalized spacial score (nSPS) is 13.4. The third-order valence-corrected chi connectivity index (χ3v) is 11.2. The largest absolute Gasteiger partial charge is 0.311 e. The monoisotopic (exact) mass is 684 g/mol. The molecule has 258 valence electrons. The van der Waals surface area contributed by atoms with Gasteiger partial charge in [0.2, 0.25) is 0 Å². The summed E-state index contributed by atoms with van der Waals surface area (Å²) in [5.74, 6) is 0. The molecule has 0 unspecified atom stereocenters. The van der Waals surface area contributed by atoms with E-state index in [9.17, 15) is 0 Å². The Kier molecular flexibility index (Phi) is 7.75. The predicted octanol–water partition coefficient (Wildman–Crippen LogP) is 11.7. The van der Waals surface area contributed by atoms with Gasteiger partial charge in [-0.05, 0) is 109 Å². The molecule has 9 rings (SSSR count). The fourth-order valence-electron chi connectivity index (χ4n) is 8.32. The van der Waals surface area contributed by atoms with E-state index in [0.717, 1.165) is 5.69 Å². The molecule has 0 N–H and O–H groups in total. The molecule has 7 aromatic carbocycles. The molecule has 2 nitrogen and oxygen atoms in total. The van der Waals surface area contributed by atoms with Crippen molar-refractivity contribution in [3.63, 3.8) is 0 Å². The Bertz CT molecular complexity index is 2450. The lowest BCUT2D eigenvalue weighted by atomic mass is 9.33. The third-order valence-electron chi connectivity index (χ3n) is 11.2. The van der Waals surface area contributed by atoms with E-state index in [1.54, 1.807) is 0 Å². The number of fused-ring (bicyclic) bond motifs is 4. The molecule has 0 aliphatic carbocycles. The van der Waals surface area contributed by atoms with Crippen molar-refractivity contribution >= 4 is 57.2 Å². The Morgan fingerprint density at radius 3 is 1.34 bits per heavy atom. The maximum Gasteiger partial charge on any atom is 0.252 e. The first-order chi connectivity index (χ1) is 25.6. The fraction of sp³-hybridized carbons (Fsp3) is 0.160. The molecule has 0 saturated heterocycles. The standard InChI is InChI=1S/C50H45BN2/c1-49(2,3)38-23-28-41(29-24-38)53-45-31-25-39(50(4,5)6)33-43(45)51-42-32-37(35-16-11-8-12-17-35)22-30-44(42)52(46-18-13-19-47(53)48(46)51)40-26-20-36(21-27-40)34-14-9-7-10-15-34/h7-33H,1-6H3. The molecular formula is C50H45BN2. The van der Waals surface area contributed by atoms with Gasteiger partial charge < -0.3 is 9.80 Å². The molecule has 0 fully saturated rings. The number of hydrogen-bond acceptors (Lipinski definition) is 2. The molecule has 0 amide bonds. The van der Waals surface area contributed by atoms with Gasteiger partial charge in [-0.25, -0.2) is 0 Å². The van der Waals surface area contributed by atoms with Crippen LogP contribution in [-0.4, -0.2) is 6.71 Å². The van der Waals surface area contributed by atoms with Crippen LogP contribution in [-0.2, 0) is 10.8 Å². The van der Waals surface area contributed by atoms with Crippen LogP contribution in [0.3, 0.4) is 0 Å². The minimum absolute atomic E-state index is 0.00390. The van der Waals surface area contributed by atoms with Crippen LogP contribution in [0.25, 0.3) is 22.3 Å². The zero-order valence-electron chi connectivity index (χ0n) is 31.6. The Labute approximate surface area is 315 Å². The van der Waals surface area contributed by atoms with Gasteiger partial charge in [-0.2, -0.15) is 0 Å². The highest BCUT2D eigenvalue weighted by atomic mass is 15.2.